The summed E-state index contributed by atoms with van der Waals surface area (Å²) < 4.78 is 43.0. The van der Waals surface area contributed by atoms with Crippen LogP contribution in [0, 0.1) is 12.8 Å². The zero-order valence-electron chi connectivity index (χ0n) is 14.8. The van der Waals surface area contributed by atoms with Crippen molar-refractivity contribution in [3.63, 3.8) is 0 Å². The molecule has 1 aromatic rings. The number of ether oxygens (including phenoxy) is 2. The minimum atomic E-state index is -5.08. The molecule has 0 amide bonds. The number of likely N-dealkylation sites (tertiary alicyclic amines) is 1. The number of halogens is 3. The summed E-state index contributed by atoms with van der Waals surface area (Å²) in [4.78, 5) is 12.9. The number of rotatable bonds is 5. The zero-order valence-corrected chi connectivity index (χ0v) is 15.7. The van der Waals surface area contributed by atoms with Gasteiger partial charge in [-0.25, -0.2) is 4.79 Å². The van der Waals surface area contributed by atoms with Gasteiger partial charge in [0, 0.05) is 44.8 Å². The summed E-state index contributed by atoms with van der Waals surface area (Å²) in [5.74, 6) is -2.07. The molecule has 1 unspecified atom stereocenters. The molecule has 0 aliphatic carbocycles. The zero-order chi connectivity index (χ0) is 19.4. The molecule has 0 aromatic carbocycles. The number of methoxy groups -OCH3 is 1. The number of hydrogen-bond acceptors (Lipinski definition) is 5. The number of carboxylic acid groups (broad SMARTS) is 1. The highest BCUT2D eigenvalue weighted by Crippen LogP contribution is 2.42. The molecule has 26 heavy (non-hydrogen) atoms. The number of carbonyl (C=O) groups is 1. The summed E-state index contributed by atoms with van der Waals surface area (Å²) in [5.41, 5.74) is 1.57. The first kappa shape index (κ1) is 21.1. The van der Waals surface area contributed by atoms with E-state index in [1.165, 1.54) is 16.9 Å². The fourth-order valence-corrected chi connectivity index (χ4v) is 4.34. The Hall–Kier alpha value is -1.16. The molecule has 2 aliphatic rings. The third-order valence-corrected chi connectivity index (χ3v) is 5.84. The Bertz CT molecular complexity index is 599. The minimum Gasteiger partial charge on any atom is -0.475 e. The number of carboxylic acids is 1. The fourth-order valence-electron chi connectivity index (χ4n) is 3.39. The molecule has 2 saturated heterocycles. The van der Waals surface area contributed by atoms with Crippen LogP contribution in [0.5, 0.6) is 0 Å². The normalized spacial score (nSPS) is 22.0. The number of aliphatic carboxylic acids is 1. The van der Waals surface area contributed by atoms with Gasteiger partial charge in [-0.1, -0.05) is 0 Å². The Morgan fingerprint density at radius 2 is 2.15 bits per heavy atom. The van der Waals surface area contributed by atoms with E-state index in [4.69, 9.17) is 19.4 Å². The van der Waals surface area contributed by atoms with Crippen LogP contribution in [0.25, 0.3) is 0 Å². The Labute approximate surface area is 154 Å². The van der Waals surface area contributed by atoms with Crippen LogP contribution < -0.4 is 0 Å². The summed E-state index contributed by atoms with van der Waals surface area (Å²) >= 11 is 1.87. The quantitative estimate of drug-likeness (QED) is 0.829. The Morgan fingerprint density at radius 1 is 1.50 bits per heavy atom. The van der Waals surface area contributed by atoms with Gasteiger partial charge in [-0.3, -0.25) is 4.90 Å². The van der Waals surface area contributed by atoms with E-state index >= 15 is 0 Å². The van der Waals surface area contributed by atoms with Crippen molar-refractivity contribution in [1.82, 2.24) is 4.90 Å². The molecular formula is C17H24F3NO4S. The molecule has 148 valence electrons. The highest BCUT2D eigenvalue weighted by molar-refractivity contribution is 7.10. The third kappa shape index (κ3) is 5.18. The van der Waals surface area contributed by atoms with E-state index in [1.54, 1.807) is 7.11 Å². The maximum Gasteiger partial charge on any atom is 0.490 e. The number of thiophene rings is 1. The van der Waals surface area contributed by atoms with Crippen molar-refractivity contribution in [3.8, 4) is 0 Å². The first-order valence-corrected chi connectivity index (χ1v) is 9.24. The van der Waals surface area contributed by atoms with Gasteiger partial charge in [0.15, 0.2) is 0 Å². The van der Waals surface area contributed by atoms with E-state index in [-0.39, 0.29) is 5.60 Å². The van der Waals surface area contributed by atoms with Gasteiger partial charge in [0.2, 0.25) is 0 Å². The number of nitrogens with zero attached hydrogens (tertiary/aromatic N) is 1. The summed E-state index contributed by atoms with van der Waals surface area (Å²) in [6.07, 6.45) is -2.74. The molecule has 3 rings (SSSR count). The largest absolute Gasteiger partial charge is 0.490 e. The van der Waals surface area contributed by atoms with Gasteiger partial charge >= 0.3 is 12.1 Å². The molecular weight excluding hydrogens is 371 g/mol. The van der Waals surface area contributed by atoms with Gasteiger partial charge in [-0.15, -0.1) is 11.3 Å². The smallest absolute Gasteiger partial charge is 0.475 e. The first-order valence-electron chi connectivity index (χ1n) is 8.36. The Morgan fingerprint density at radius 3 is 2.65 bits per heavy atom. The van der Waals surface area contributed by atoms with Crippen molar-refractivity contribution in [2.45, 2.75) is 38.1 Å². The molecule has 1 N–H and O–H groups in total. The molecule has 1 atom stereocenters. The summed E-state index contributed by atoms with van der Waals surface area (Å²) in [7, 11) is 1.79. The number of aryl methyl sites for hydroxylation is 1. The van der Waals surface area contributed by atoms with E-state index in [1.807, 2.05) is 11.3 Å². The molecule has 2 aliphatic heterocycles. The summed E-state index contributed by atoms with van der Waals surface area (Å²) in [5, 5.41) is 9.31. The Balaban J connectivity index is 0.000000298. The van der Waals surface area contributed by atoms with E-state index in [2.05, 4.69) is 23.3 Å². The molecule has 0 saturated carbocycles. The van der Waals surface area contributed by atoms with E-state index in [9.17, 15) is 13.2 Å². The maximum absolute atomic E-state index is 10.6. The van der Waals surface area contributed by atoms with Gasteiger partial charge < -0.3 is 14.6 Å². The van der Waals surface area contributed by atoms with Crippen LogP contribution in [0.15, 0.2) is 11.4 Å². The molecule has 5 nitrogen and oxygen atoms in total. The topological polar surface area (TPSA) is 59.0 Å². The SMILES string of the molecule is COCCC1CCOC12CN(Cc1sccc1C)C2.O=C(O)C(F)(F)F. The van der Waals surface area contributed by atoms with Gasteiger partial charge in [-0.2, -0.15) is 13.2 Å². The van der Waals surface area contributed by atoms with Crippen molar-refractivity contribution in [2.75, 3.05) is 33.4 Å². The highest BCUT2D eigenvalue weighted by atomic mass is 32.1. The average Bonchev–Trinajstić information content (AvgIpc) is 3.11. The lowest BCUT2D eigenvalue weighted by atomic mass is 9.79. The number of hydrogen-bond donors (Lipinski definition) is 1. The highest BCUT2D eigenvalue weighted by Gasteiger charge is 2.52. The molecule has 1 spiro atoms. The maximum atomic E-state index is 10.6. The van der Waals surface area contributed by atoms with Crippen LogP contribution in [-0.2, 0) is 20.8 Å². The van der Waals surface area contributed by atoms with E-state index in [0.717, 1.165) is 39.3 Å². The average molecular weight is 395 g/mol. The van der Waals surface area contributed by atoms with Crippen LogP contribution in [0.2, 0.25) is 0 Å². The van der Waals surface area contributed by atoms with Crippen LogP contribution >= 0.6 is 11.3 Å². The second-order valence-electron chi connectivity index (χ2n) is 6.66. The standard InChI is InChI=1S/C15H23NO2S.C2HF3O2/c1-12-5-8-19-14(12)9-16-10-15(11-16)13(3-6-17-2)4-7-18-15;3-2(4,5)1(6)7/h5,8,13H,3-4,6-7,9-11H2,1-2H3;(H,6,7). The number of alkyl halides is 3. The van der Waals surface area contributed by atoms with Crippen LogP contribution in [0.3, 0.4) is 0 Å². The Kier molecular flexibility index (Phi) is 7.06. The fraction of sp³-hybridized carbons (Fsp3) is 0.706. The lowest BCUT2D eigenvalue weighted by molar-refractivity contribution is -0.192. The predicted molar refractivity (Wildman–Crippen MR) is 91.3 cm³/mol. The van der Waals surface area contributed by atoms with Crippen molar-refractivity contribution in [3.05, 3.63) is 21.9 Å². The monoisotopic (exact) mass is 395 g/mol. The molecule has 0 bridgehead atoms. The minimum absolute atomic E-state index is 0.143. The van der Waals surface area contributed by atoms with E-state index in [0.29, 0.717) is 5.92 Å². The van der Waals surface area contributed by atoms with Crippen LogP contribution in [-0.4, -0.2) is 61.2 Å². The lowest BCUT2D eigenvalue weighted by Gasteiger charge is -2.50. The van der Waals surface area contributed by atoms with Gasteiger partial charge in [0.1, 0.15) is 0 Å². The van der Waals surface area contributed by atoms with Crippen molar-refractivity contribution < 1.29 is 32.5 Å². The summed E-state index contributed by atoms with van der Waals surface area (Å²) in [6, 6.07) is 2.21. The van der Waals surface area contributed by atoms with Gasteiger partial charge in [0.25, 0.3) is 0 Å². The van der Waals surface area contributed by atoms with Crippen molar-refractivity contribution in [2.24, 2.45) is 5.92 Å². The molecule has 0 radical (unpaired) electrons. The van der Waals surface area contributed by atoms with Crippen LogP contribution in [0.1, 0.15) is 23.3 Å². The molecule has 9 heteroatoms. The van der Waals surface area contributed by atoms with Gasteiger partial charge in [-0.05, 0) is 42.7 Å². The first-order chi connectivity index (χ1) is 12.2. The molecule has 2 fully saturated rings. The summed E-state index contributed by atoms with van der Waals surface area (Å²) in [6.45, 7) is 7.28. The lowest BCUT2D eigenvalue weighted by Crippen LogP contribution is -2.64. The van der Waals surface area contributed by atoms with Crippen molar-refractivity contribution >= 4 is 17.3 Å². The van der Waals surface area contributed by atoms with Crippen LogP contribution in [0.4, 0.5) is 13.2 Å². The van der Waals surface area contributed by atoms with E-state index < -0.39 is 12.1 Å². The second-order valence-corrected chi connectivity index (χ2v) is 7.66. The molecule has 1 aromatic heterocycles. The predicted octanol–water partition coefficient (Wildman–Crippen LogP) is 3.32. The van der Waals surface area contributed by atoms with Gasteiger partial charge in [0.05, 0.1) is 5.60 Å². The third-order valence-electron chi connectivity index (χ3n) is 4.83. The van der Waals surface area contributed by atoms with Crippen molar-refractivity contribution in [1.29, 1.82) is 0 Å². The molecule has 3 heterocycles. The second kappa shape index (κ2) is 8.69.